The fourth-order valence-electron chi connectivity index (χ4n) is 3.93. The van der Waals surface area contributed by atoms with Crippen LogP contribution < -0.4 is 0 Å². The topological polar surface area (TPSA) is 131 Å². The Morgan fingerprint density at radius 3 is 1.83 bits per heavy atom. The molecule has 8 nitrogen and oxygen atoms in total. The summed E-state index contributed by atoms with van der Waals surface area (Å²) in [5, 5.41) is 48.7. The van der Waals surface area contributed by atoms with Crippen molar-refractivity contribution in [2.75, 3.05) is 19.8 Å². The summed E-state index contributed by atoms with van der Waals surface area (Å²) in [6.45, 7) is 1.29. The number of amides is 1. The first-order valence-electron chi connectivity index (χ1n) is 11.7. The number of nitrogens with zero attached hydrogens (tertiary/aromatic N) is 1. The van der Waals surface area contributed by atoms with E-state index < -0.39 is 37.3 Å². The Labute approximate surface area is 180 Å². The van der Waals surface area contributed by atoms with Gasteiger partial charge in [0, 0.05) is 13.0 Å². The number of hydrogen-bond donors (Lipinski definition) is 5. The van der Waals surface area contributed by atoms with Gasteiger partial charge < -0.3 is 35.2 Å². The molecule has 0 radical (unpaired) electrons. The fourth-order valence-corrected chi connectivity index (χ4v) is 3.93. The monoisotopic (exact) mass is 433 g/mol. The van der Waals surface area contributed by atoms with E-state index in [1.165, 1.54) is 49.8 Å². The third-order valence-electron chi connectivity index (χ3n) is 5.83. The minimum atomic E-state index is -1.54. The summed E-state index contributed by atoms with van der Waals surface area (Å²) >= 11 is 0. The van der Waals surface area contributed by atoms with E-state index in [0.717, 1.165) is 19.3 Å². The van der Waals surface area contributed by atoms with Gasteiger partial charge in [0.15, 0.2) is 6.23 Å². The number of hydrogen-bond acceptors (Lipinski definition) is 7. The van der Waals surface area contributed by atoms with Gasteiger partial charge in [-0.15, -0.1) is 0 Å². The van der Waals surface area contributed by atoms with E-state index in [1.54, 1.807) is 0 Å². The quantitative estimate of drug-likeness (QED) is 0.232. The molecule has 1 saturated heterocycles. The average Bonchev–Trinajstić information content (AvgIpc) is 2.74. The molecule has 5 N–H and O–H groups in total. The summed E-state index contributed by atoms with van der Waals surface area (Å²) in [7, 11) is 0. The van der Waals surface area contributed by atoms with Gasteiger partial charge in [-0.05, 0) is 6.42 Å². The summed E-state index contributed by atoms with van der Waals surface area (Å²) in [5.74, 6) is -0.288. The first-order valence-corrected chi connectivity index (χ1v) is 11.7. The summed E-state index contributed by atoms with van der Waals surface area (Å²) in [4.78, 5) is 13.8. The maximum atomic E-state index is 12.6. The molecular formula is C22H43NO7. The van der Waals surface area contributed by atoms with Crippen LogP contribution in [-0.4, -0.2) is 86.7 Å². The number of aliphatic hydroxyl groups excluding tert-OH is 5. The number of unbranched alkanes of at least 4 members (excludes halogenated alkanes) is 10. The van der Waals surface area contributed by atoms with E-state index in [2.05, 4.69) is 6.92 Å². The molecule has 1 rings (SSSR count). The van der Waals surface area contributed by atoms with Crippen LogP contribution in [0.25, 0.3) is 0 Å². The SMILES string of the molecule is CCCCCCCCCCCCCC(=O)N(CCO)[C@@H]1O[C@H](CO)[C@@H](O)[C@H](O)[C@H]1O. The van der Waals surface area contributed by atoms with Crippen LogP contribution in [0.4, 0.5) is 0 Å². The molecule has 0 aliphatic carbocycles. The number of rotatable bonds is 16. The van der Waals surface area contributed by atoms with E-state index in [1.807, 2.05) is 0 Å². The van der Waals surface area contributed by atoms with Crippen molar-refractivity contribution in [3.05, 3.63) is 0 Å². The van der Waals surface area contributed by atoms with E-state index >= 15 is 0 Å². The van der Waals surface area contributed by atoms with E-state index in [0.29, 0.717) is 6.42 Å². The average molecular weight is 434 g/mol. The zero-order valence-corrected chi connectivity index (χ0v) is 18.5. The minimum Gasteiger partial charge on any atom is -0.395 e. The zero-order chi connectivity index (χ0) is 22.4. The van der Waals surface area contributed by atoms with Gasteiger partial charge in [0.2, 0.25) is 5.91 Å². The van der Waals surface area contributed by atoms with Crippen molar-refractivity contribution < 1.29 is 35.1 Å². The molecule has 0 unspecified atom stereocenters. The smallest absolute Gasteiger partial charge is 0.224 e. The van der Waals surface area contributed by atoms with Crippen LogP contribution in [0.3, 0.4) is 0 Å². The summed E-state index contributed by atoms with van der Waals surface area (Å²) in [6.07, 6.45) is 6.33. The lowest BCUT2D eigenvalue weighted by Crippen LogP contribution is -2.64. The van der Waals surface area contributed by atoms with Gasteiger partial charge in [0.05, 0.1) is 13.2 Å². The van der Waals surface area contributed by atoms with Crippen molar-refractivity contribution in [1.29, 1.82) is 0 Å². The molecule has 0 aromatic rings. The van der Waals surface area contributed by atoms with Gasteiger partial charge in [0.25, 0.3) is 0 Å². The Balaban J connectivity index is 2.33. The minimum absolute atomic E-state index is 0.0560. The van der Waals surface area contributed by atoms with E-state index in [4.69, 9.17) is 4.74 Å². The molecule has 1 amide bonds. The summed E-state index contributed by atoms with van der Waals surface area (Å²) < 4.78 is 5.46. The van der Waals surface area contributed by atoms with Crippen LogP contribution in [0.15, 0.2) is 0 Å². The Morgan fingerprint density at radius 2 is 1.33 bits per heavy atom. The molecule has 5 atom stereocenters. The highest BCUT2D eigenvalue weighted by Gasteiger charge is 2.46. The Kier molecular flexibility index (Phi) is 14.5. The third kappa shape index (κ3) is 9.16. The van der Waals surface area contributed by atoms with Crippen LogP contribution in [0.5, 0.6) is 0 Å². The van der Waals surface area contributed by atoms with Gasteiger partial charge in [-0.2, -0.15) is 0 Å². The molecule has 30 heavy (non-hydrogen) atoms. The largest absolute Gasteiger partial charge is 0.395 e. The van der Waals surface area contributed by atoms with Crippen LogP contribution in [-0.2, 0) is 9.53 Å². The first-order chi connectivity index (χ1) is 14.5. The standard InChI is InChI=1S/C22H43NO7/c1-2-3-4-5-6-7-8-9-10-11-12-13-18(26)23(14-15-24)22-21(29)20(28)19(27)17(16-25)30-22/h17,19-22,24-25,27-29H,2-16H2,1H3/t17-,19-,20+,21-,22-/m1/s1. The van der Waals surface area contributed by atoms with Crippen LogP contribution in [0.2, 0.25) is 0 Å². The Bertz CT molecular complexity index is 449. The van der Waals surface area contributed by atoms with Crippen molar-refractivity contribution in [2.24, 2.45) is 0 Å². The highest BCUT2D eigenvalue weighted by Crippen LogP contribution is 2.24. The maximum absolute atomic E-state index is 12.6. The molecule has 0 aromatic carbocycles. The second kappa shape index (κ2) is 15.9. The van der Waals surface area contributed by atoms with E-state index in [9.17, 15) is 30.3 Å². The molecule has 1 fully saturated rings. The molecule has 1 aliphatic rings. The van der Waals surface area contributed by atoms with Crippen LogP contribution in [0, 0.1) is 0 Å². The molecule has 0 saturated carbocycles. The third-order valence-corrected chi connectivity index (χ3v) is 5.83. The van der Waals surface area contributed by atoms with Gasteiger partial charge in [-0.25, -0.2) is 0 Å². The summed E-state index contributed by atoms with van der Waals surface area (Å²) in [6, 6.07) is 0. The Hall–Kier alpha value is -0.770. The Morgan fingerprint density at radius 1 is 0.800 bits per heavy atom. The van der Waals surface area contributed by atoms with Crippen LogP contribution >= 0.6 is 0 Å². The normalized spacial score (nSPS) is 26.7. The predicted molar refractivity (Wildman–Crippen MR) is 114 cm³/mol. The van der Waals surface area contributed by atoms with Gasteiger partial charge in [-0.1, -0.05) is 71.1 Å². The van der Waals surface area contributed by atoms with Crippen LogP contribution in [0.1, 0.15) is 84.0 Å². The number of aliphatic hydroxyl groups is 5. The molecular weight excluding hydrogens is 390 g/mol. The van der Waals surface area contributed by atoms with E-state index in [-0.39, 0.29) is 25.5 Å². The maximum Gasteiger partial charge on any atom is 0.224 e. The molecule has 178 valence electrons. The number of carbonyl (C=O) groups excluding carboxylic acids is 1. The first kappa shape index (κ1) is 27.3. The number of carbonyl (C=O) groups is 1. The van der Waals surface area contributed by atoms with Gasteiger partial charge in [-0.3, -0.25) is 4.79 Å². The molecule has 1 heterocycles. The predicted octanol–water partition coefficient (Wildman–Crippen LogP) is 1.31. The lowest BCUT2D eigenvalue weighted by Gasteiger charge is -2.44. The van der Waals surface area contributed by atoms with Crippen molar-refractivity contribution in [1.82, 2.24) is 4.90 Å². The zero-order valence-electron chi connectivity index (χ0n) is 18.5. The molecule has 0 spiro atoms. The van der Waals surface area contributed by atoms with Gasteiger partial charge in [0.1, 0.15) is 24.4 Å². The second-order valence-corrected chi connectivity index (χ2v) is 8.32. The second-order valence-electron chi connectivity index (χ2n) is 8.32. The molecule has 8 heteroatoms. The lowest BCUT2D eigenvalue weighted by molar-refractivity contribution is -0.263. The van der Waals surface area contributed by atoms with Crippen molar-refractivity contribution >= 4 is 5.91 Å². The fraction of sp³-hybridized carbons (Fsp3) is 0.955. The van der Waals surface area contributed by atoms with Crippen molar-refractivity contribution in [2.45, 2.75) is 115 Å². The lowest BCUT2D eigenvalue weighted by atomic mass is 9.97. The molecule has 1 aliphatic heterocycles. The van der Waals surface area contributed by atoms with Crippen molar-refractivity contribution in [3.63, 3.8) is 0 Å². The molecule has 0 bridgehead atoms. The number of ether oxygens (including phenoxy) is 1. The molecule has 0 aromatic heterocycles. The highest BCUT2D eigenvalue weighted by molar-refractivity contribution is 5.76. The summed E-state index contributed by atoms with van der Waals surface area (Å²) in [5.41, 5.74) is 0. The van der Waals surface area contributed by atoms with Gasteiger partial charge >= 0.3 is 0 Å². The highest BCUT2D eigenvalue weighted by atomic mass is 16.6. The van der Waals surface area contributed by atoms with Crippen molar-refractivity contribution in [3.8, 4) is 0 Å².